The van der Waals surface area contributed by atoms with E-state index in [0.717, 1.165) is 36.4 Å². The molecule has 0 bridgehead atoms. The van der Waals surface area contributed by atoms with Gasteiger partial charge in [0.15, 0.2) is 6.61 Å². The molecule has 0 heterocycles. The van der Waals surface area contributed by atoms with E-state index >= 15 is 0 Å². The van der Waals surface area contributed by atoms with Crippen molar-refractivity contribution in [1.29, 1.82) is 0 Å². The van der Waals surface area contributed by atoms with Crippen LogP contribution in [0.15, 0.2) is 36.4 Å². The van der Waals surface area contributed by atoms with E-state index in [9.17, 15) is 27.2 Å². The maximum Gasteiger partial charge on any atom is 0.344 e. The Morgan fingerprint density at radius 2 is 1.35 bits per heavy atom. The summed E-state index contributed by atoms with van der Waals surface area (Å²) in [4.78, 5) is 23.1. The van der Waals surface area contributed by atoms with E-state index < -0.39 is 53.0 Å². The van der Waals surface area contributed by atoms with Crippen molar-refractivity contribution in [2.45, 2.75) is 0 Å². The summed E-state index contributed by atoms with van der Waals surface area (Å²) in [6.45, 7) is -0.972. The fraction of sp³-hybridized carbons (Fsp3) is 0.0667. The van der Waals surface area contributed by atoms with E-state index in [-0.39, 0.29) is 0 Å². The second-order valence-electron chi connectivity index (χ2n) is 4.32. The van der Waals surface area contributed by atoms with Crippen molar-refractivity contribution in [2.24, 2.45) is 0 Å². The van der Waals surface area contributed by atoms with Crippen LogP contribution in [0.1, 0.15) is 10.4 Å². The predicted molar refractivity (Wildman–Crippen MR) is 71.6 cm³/mol. The molecule has 8 heteroatoms. The number of ether oxygens (including phenoxy) is 1. The molecule has 0 saturated heterocycles. The molecule has 1 N–H and O–H groups in total. The number of esters is 1. The fourth-order valence-corrected chi connectivity index (χ4v) is 1.69. The second kappa shape index (κ2) is 6.91. The Bertz CT molecular complexity index is 724. The molecule has 0 fully saturated rings. The van der Waals surface area contributed by atoms with Gasteiger partial charge in [-0.15, -0.1) is 0 Å². The van der Waals surface area contributed by atoms with Gasteiger partial charge >= 0.3 is 5.97 Å². The minimum atomic E-state index is -1.41. The average molecular weight is 327 g/mol. The van der Waals surface area contributed by atoms with Gasteiger partial charge in [-0.25, -0.2) is 22.4 Å². The number of hydrogen-bond acceptors (Lipinski definition) is 3. The number of nitrogens with one attached hydrogen (secondary N) is 1. The summed E-state index contributed by atoms with van der Waals surface area (Å²) in [6.07, 6.45) is 0. The average Bonchev–Trinajstić information content (AvgIpc) is 2.49. The van der Waals surface area contributed by atoms with Gasteiger partial charge in [0.2, 0.25) is 0 Å². The highest BCUT2D eigenvalue weighted by molar-refractivity contribution is 5.95. The SMILES string of the molecule is O=C(COC(=O)c1c(F)cccc1F)Nc1c(F)cccc1F. The Morgan fingerprint density at radius 3 is 1.87 bits per heavy atom. The quantitative estimate of drug-likeness (QED) is 0.694. The highest BCUT2D eigenvalue weighted by Crippen LogP contribution is 2.18. The van der Waals surface area contributed by atoms with E-state index in [4.69, 9.17) is 0 Å². The molecule has 0 spiro atoms. The van der Waals surface area contributed by atoms with Gasteiger partial charge in [0.05, 0.1) is 0 Å². The van der Waals surface area contributed by atoms with Crippen LogP contribution in [0.2, 0.25) is 0 Å². The van der Waals surface area contributed by atoms with Crippen LogP contribution in [-0.4, -0.2) is 18.5 Å². The van der Waals surface area contributed by atoms with E-state index in [1.807, 2.05) is 5.32 Å². The number of para-hydroxylation sites is 1. The van der Waals surface area contributed by atoms with E-state index in [1.165, 1.54) is 0 Å². The van der Waals surface area contributed by atoms with Crippen LogP contribution in [0, 0.1) is 23.3 Å². The molecule has 2 aromatic rings. The third kappa shape index (κ3) is 3.85. The molecule has 0 aromatic heterocycles. The Balaban J connectivity index is 2.01. The summed E-state index contributed by atoms with van der Waals surface area (Å²) in [5.74, 6) is -6.84. The van der Waals surface area contributed by atoms with Gasteiger partial charge in [0.25, 0.3) is 5.91 Å². The molecule has 2 rings (SSSR count). The Kier molecular flexibility index (Phi) is 4.95. The second-order valence-corrected chi connectivity index (χ2v) is 4.32. The lowest BCUT2D eigenvalue weighted by Gasteiger charge is -2.09. The lowest BCUT2D eigenvalue weighted by atomic mass is 10.2. The largest absolute Gasteiger partial charge is 0.452 e. The van der Waals surface area contributed by atoms with E-state index in [0.29, 0.717) is 0 Å². The Morgan fingerprint density at radius 1 is 0.870 bits per heavy atom. The molecule has 23 heavy (non-hydrogen) atoms. The van der Waals surface area contributed by atoms with Crippen LogP contribution in [0.25, 0.3) is 0 Å². The first-order valence-electron chi connectivity index (χ1n) is 6.25. The highest BCUT2D eigenvalue weighted by atomic mass is 19.1. The van der Waals surface area contributed by atoms with Crippen molar-refractivity contribution >= 4 is 17.6 Å². The predicted octanol–water partition coefficient (Wildman–Crippen LogP) is 3.04. The van der Waals surface area contributed by atoms with Crippen LogP contribution in [0.4, 0.5) is 23.2 Å². The molecule has 0 aliphatic rings. The van der Waals surface area contributed by atoms with E-state index in [2.05, 4.69) is 4.74 Å². The maximum atomic E-state index is 13.3. The molecule has 120 valence electrons. The molecule has 0 unspecified atom stereocenters. The molecular formula is C15H9F4NO3. The van der Waals surface area contributed by atoms with Gasteiger partial charge in [0.1, 0.15) is 34.5 Å². The lowest BCUT2D eigenvalue weighted by molar-refractivity contribution is -0.119. The normalized spacial score (nSPS) is 10.3. The van der Waals surface area contributed by atoms with Gasteiger partial charge in [-0.05, 0) is 24.3 Å². The molecule has 0 aliphatic carbocycles. The van der Waals surface area contributed by atoms with Crippen LogP contribution in [0.3, 0.4) is 0 Å². The summed E-state index contributed by atoms with van der Waals surface area (Å²) in [5, 5.41) is 1.86. The van der Waals surface area contributed by atoms with Gasteiger partial charge < -0.3 is 10.1 Å². The summed E-state index contributed by atoms with van der Waals surface area (Å²) in [7, 11) is 0. The zero-order valence-corrected chi connectivity index (χ0v) is 11.4. The molecule has 4 nitrogen and oxygen atoms in total. The maximum absolute atomic E-state index is 13.3. The molecular weight excluding hydrogens is 318 g/mol. The molecule has 0 aliphatic heterocycles. The number of amides is 1. The molecule has 1 amide bonds. The third-order valence-corrected chi connectivity index (χ3v) is 2.73. The summed E-state index contributed by atoms with van der Waals surface area (Å²) < 4.78 is 57.7. The van der Waals surface area contributed by atoms with Crippen molar-refractivity contribution in [3.63, 3.8) is 0 Å². The van der Waals surface area contributed by atoms with Crippen molar-refractivity contribution in [3.05, 3.63) is 65.2 Å². The number of rotatable bonds is 4. The summed E-state index contributed by atoms with van der Waals surface area (Å²) in [5.41, 5.74) is -1.68. The fourth-order valence-electron chi connectivity index (χ4n) is 1.69. The zero-order chi connectivity index (χ0) is 17.0. The molecule has 2 aromatic carbocycles. The number of anilines is 1. The first kappa shape index (κ1) is 16.5. The minimum absolute atomic E-state index is 0.717. The number of hydrogen-bond donors (Lipinski definition) is 1. The smallest absolute Gasteiger partial charge is 0.344 e. The van der Waals surface area contributed by atoms with Crippen molar-refractivity contribution in [2.75, 3.05) is 11.9 Å². The van der Waals surface area contributed by atoms with Crippen molar-refractivity contribution < 1.29 is 31.9 Å². The van der Waals surface area contributed by atoms with Gasteiger partial charge in [-0.2, -0.15) is 0 Å². The number of halogens is 4. The molecule has 0 atom stereocenters. The molecule has 0 saturated carbocycles. The standard InChI is InChI=1S/C15H9F4NO3/c16-8-3-1-4-9(17)13(8)15(22)23-7-12(21)20-14-10(18)5-2-6-11(14)19/h1-6H,7H2,(H,20,21). The Hall–Kier alpha value is -2.90. The summed E-state index contributed by atoms with van der Waals surface area (Å²) in [6, 6.07) is 5.66. The monoisotopic (exact) mass is 327 g/mol. The van der Waals surface area contributed by atoms with Crippen LogP contribution >= 0.6 is 0 Å². The lowest BCUT2D eigenvalue weighted by Crippen LogP contribution is -2.23. The first-order valence-corrected chi connectivity index (χ1v) is 6.25. The van der Waals surface area contributed by atoms with Gasteiger partial charge in [-0.1, -0.05) is 12.1 Å². The minimum Gasteiger partial charge on any atom is -0.452 e. The van der Waals surface area contributed by atoms with Gasteiger partial charge in [-0.3, -0.25) is 4.79 Å². The Labute approximate surface area is 127 Å². The van der Waals surface area contributed by atoms with Crippen LogP contribution < -0.4 is 5.32 Å². The third-order valence-electron chi connectivity index (χ3n) is 2.73. The topological polar surface area (TPSA) is 55.4 Å². The van der Waals surface area contributed by atoms with Gasteiger partial charge in [0, 0.05) is 0 Å². The van der Waals surface area contributed by atoms with Crippen molar-refractivity contribution in [3.8, 4) is 0 Å². The molecule has 0 radical (unpaired) electrons. The number of benzene rings is 2. The number of carbonyl (C=O) groups excluding carboxylic acids is 2. The number of carbonyl (C=O) groups is 2. The van der Waals surface area contributed by atoms with Crippen LogP contribution in [0.5, 0.6) is 0 Å². The van der Waals surface area contributed by atoms with Crippen LogP contribution in [-0.2, 0) is 9.53 Å². The summed E-state index contributed by atoms with van der Waals surface area (Å²) >= 11 is 0. The van der Waals surface area contributed by atoms with Crippen molar-refractivity contribution in [1.82, 2.24) is 0 Å². The first-order chi connectivity index (χ1) is 10.9. The zero-order valence-electron chi connectivity index (χ0n) is 11.4. The highest BCUT2D eigenvalue weighted by Gasteiger charge is 2.20. The van der Waals surface area contributed by atoms with E-state index in [1.54, 1.807) is 0 Å².